The van der Waals surface area contributed by atoms with Crippen LogP contribution in [0.5, 0.6) is 0 Å². The Hall–Kier alpha value is -2.75. The summed E-state index contributed by atoms with van der Waals surface area (Å²) in [6.07, 6.45) is 1.83. The first-order valence-electron chi connectivity index (χ1n) is 8.39. The molecule has 0 saturated carbocycles. The van der Waals surface area contributed by atoms with Gasteiger partial charge < -0.3 is 14.8 Å². The van der Waals surface area contributed by atoms with Crippen LogP contribution in [0, 0.1) is 6.92 Å². The molecule has 3 aromatic rings. The number of aromatic nitrogens is 1. The van der Waals surface area contributed by atoms with Gasteiger partial charge in [0, 0.05) is 49.0 Å². The lowest BCUT2D eigenvalue weighted by Gasteiger charge is -2.36. The molecular formula is C20H21N3O. The zero-order chi connectivity index (χ0) is 16.5. The van der Waals surface area contributed by atoms with Crippen LogP contribution in [0.1, 0.15) is 15.9 Å². The van der Waals surface area contributed by atoms with Crippen LogP contribution in [0.25, 0.3) is 10.9 Å². The fourth-order valence-corrected chi connectivity index (χ4v) is 3.34. The third-order valence-corrected chi connectivity index (χ3v) is 4.79. The molecule has 4 rings (SSSR count). The molecule has 4 nitrogen and oxygen atoms in total. The third kappa shape index (κ3) is 2.64. The van der Waals surface area contributed by atoms with E-state index in [2.05, 4.69) is 41.1 Å². The van der Waals surface area contributed by atoms with Crippen molar-refractivity contribution in [2.75, 3.05) is 31.1 Å². The number of aromatic amines is 1. The lowest BCUT2D eigenvalue weighted by atomic mass is 10.1. The highest BCUT2D eigenvalue weighted by Crippen LogP contribution is 2.21. The third-order valence-electron chi connectivity index (χ3n) is 4.79. The first-order chi connectivity index (χ1) is 11.7. The predicted octanol–water partition coefficient (Wildman–Crippen LogP) is 3.44. The Kier molecular flexibility index (Phi) is 3.73. The first-order valence-corrected chi connectivity index (χ1v) is 8.39. The van der Waals surface area contributed by atoms with Gasteiger partial charge in [-0.3, -0.25) is 4.79 Å². The molecule has 2 aromatic carbocycles. The Balaban J connectivity index is 1.47. The number of hydrogen-bond donors (Lipinski definition) is 1. The van der Waals surface area contributed by atoms with Crippen LogP contribution in [-0.4, -0.2) is 42.0 Å². The summed E-state index contributed by atoms with van der Waals surface area (Å²) in [4.78, 5) is 20.3. The number of hydrogen-bond acceptors (Lipinski definition) is 2. The Labute approximate surface area is 141 Å². The van der Waals surface area contributed by atoms with Gasteiger partial charge >= 0.3 is 0 Å². The predicted molar refractivity (Wildman–Crippen MR) is 97.6 cm³/mol. The lowest BCUT2D eigenvalue weighted by molar-refractivity contribution is 0.0749. The van der Waals surface area contributed by atoms with Crippen molar-refractivity contribution in [3.05, 3.63) is 65.9 Å². The molecular weight excluding hydrogens is 298 g/mol. The van der Waals surface area contributed by atoms with E-state index in [4.69, 9.17) is 0 Å². The van der Waals surface area contributed by atoms with Crippen LogP contribution in [-0.2, 0) is 0 Å². The SMILES string of the molecule is Cc1ccc(N2CCN(C(=O)c3c[nH]c4ccccc34)CC2)cc1. The molecule has 0 atom stereocenters. The maximum absolute atomic E-state index is 12.9. The van der Waals surface area contributed by atoms with Gasteiger partial charge in [0.2, 0.25) is 0 Å². The van der Waals surface area contributed by atoms with Crippen LogP contribution in [0.15, 0.2) is 54.7 Å². The number of nitrogens with one attached hydrogen (secondary N) is 1. The van der Waals surface area contributed by atoms with E-state index in [1.54, 1.807) is 0 Å². The number of carbonyl (C=O) groups is 1. The molecule has 0 spiro atoms. The largest absolute Gasteiger partial charge is 0.368 e. The molecule has 0 bridgehead atoms. The molecule has 1 aromatic heterocycles. The van der Waals surface area contributed by atoms with E-state index < -0.39 is 0 Å². The summed E-state index contributed by atoms with van der Waals surface area (Å²) in [6, 6.07) is 16.6. The average Bonchev–Trinajstić information content (AvgIpc) is 3.06. The second-order valence-electron chi connectivity index (χ2n) is 6.36. The monoisotopic (exact) mass is 319 g/mol. The molecule has 1 N–H and O–H groups in total. The van der Waals surface area contributed by atoms with Gasteiger partial charge in [0.1, 0.15) is 0 Å². The zero-order valence-electron chi connectivity index (χ0n) is 13.8. The van der Waals surface area contributed by atoms with Gasteiger partial charge in [0.25, 0.3) is 5.91 Å². The summed E-state index contributed by atoms with van der Waals surface area (Å²) in [5.41, 5.74) is 4.29. The number of anilines is 1. The molecule has 1 aliphatic heterocycles. The van der Waals surface area contributed by atoms with Gasteiger partial charge in [-0.1, -0.05) is 35.9 Å². The number of benzene rings is 2. The zero-order valence-corrected chi connectivity index (χ0v) is 13.8. The van der Waals surface area contributed by atoms with E-state index in [1.807, 2.05) is 35.4 Å². The van der Waals surface area contributed by atoms with Crippen molar-refractivity contribution in [1.82, 2.24) is 9.88 Å². The second-order valence-corrected chi connectivity index (χ2v) is 6.36. The van der Waals surface area contributed by atoms with Crippen LogP contribution < -0.4 is 4.90 Å². The molecule has 24 heavy (non-hydrogen) atoms. The summed E-state index contributed by atoms with van der Waals surface area (Å²) in [6.45, 7) is 5.36. The van der Waals surface area contributed by atoms with Gasteiger partial charge in [-0.2, -0.15) is 0 Å². The van der Waals surface area contributed by atoms with E-state index >= 15 is 0 Å². The van der Waals surface area contributed by atoms with Crippen LogP contribution >= 0.6 is 0 Å². The van der Waals surface area contributed by atoms with Crippen LogP contribution in [0.3, 0.4) is 0 Å². The molecule has 1 aliphatic rings. The van der Waals surface area contributed by atoms with Crippen molar-refractivity contribution in [3.63, 3.8) is 0 Å². The molecule has 0 unspecified atom stereocenters. The number of nitrogens with zero attached hydrogens (tertiary/aromatic N) is 2. The molecule has 1 fully saturated rings. The number of aryl methyl sites for hydroxylation is 1. The average molecular weight is 319 g/mol. The number of rotatable bonds is 2. The minimum Gasteiger partial charge on any atom is -0.368 e. The standard InChI is InChI=1S/C20H21N3O/c1-15-6-8-16(9-7-15)22-10-12-23(13-11-22)20(24)18-14-21-19-5-3-2-4-17(18)19/h2-9,14,21H,10-13H2,1H3. The highest BCUT2D eigenvalue weighted by atomic mass is 16.2. The van der Waals surface area contributed by atoms with Crippen molar-refractivity contribution in [3.8, 4) is 0 Å². The topological polar surface area (TPSA) is 39.3 Å². The van der Waals surface area contributed by atoms with E-state index in [9.17, 15) is 4.79 Å². The number of amides is 1. The lowest BCUT2D eigenvalue weighted by Crippen LogP contribution is -2.48. The summed E-state index contributed by atoms with van der Waals surface area (Å²) in [5.74, 6) is 0.121. The molecule has 1 amide bonds. The highest BCUT2D eigenvalue weighted by Gasteiger charge is 2.24. The van der Waals surface area contributed by atoms with Crippen molar-refractivity contribution in [1.29, 1.82) is 0 Å². The minimum atomic E-state index is 0.121. The fourth-order valence-electron chi connectivity index (χ4n) is 3.34. The molecule has 4 heteroatoms. The van der Waals surface area contributed by atoms with E-state index in [0.29, 0.717) is 0 Å². The maximum atomic E-state index is 12.9. The Bertz CT molecular complexity index is 858. The Morgan fingerprint density at radius 1 is 0.958 bits per heavy atom. The summed E-state index contributed by atoms with van der Waals surface area (Å²) < 4.78 is 0. The quantitative estimate of drug-likeness (QED) is 0.786. The Morgan fingerprint density at radius 2 is 1.67 bits per heavy atom. The molecule has 0 aliphatic carbocycles. The van der Waals surface area contributed by atoms with Crippen molar-refractivity contribution >= 4 is 22.5 Å². The smallest absolute Gasteiger partial charge is 0.256 e. The number of carbonyl (C=O) groups excluding carboxylic acids is 1. The number of fused-ring (bicyclic) bond motifs is 1. The van der Waals surface area contributed by atoms with Crippen LogP contribution in [0.2, 0.25) is 0 Å². The molecule has 2 heterocycles. The van der Waals surface area contributed by atoms with Crippen molar-refractivity contribution in [2.45, 2.75) is 6.92 Å². The summed E-state index contributed by atoms with van der Waals surface area (Å²) >= 11 is 0. The summed E-state index contributed by atoms with van der Waals surface area (Å²) in [7, 11) is 0. The van der Waals surface area contributed by atoms with Crippen molar-refractivity contribution < 1.29 is 4.79 Å². The molecule has 0 radical (unpaired) electrons. The molecule has 122 valence electrons. The van der Waals surface area contributed by atoms with E-state index in [0.717, 1.165) is 42.6 Å². The van der Waals surface area contributed by atoms with Gasteiger partial charge in [-0.25, -0.2) is 0 Å². The second kappa shape index (κ2) is 6.04. The van der Waals surface area contributed by atoms with Crippen molar-refractivity contribution in [2.24, 2.45) is 0 Å². The number of piperazine rings is 1. The van der Waals surface area contributed by atoms with Gasteiger partial charge in [0.05, 0.1) is 5.56 Å². The minimum absolute atomic E-state index is 0.121. The first kappa shape index (κ1) is 14.8. The van der Waals surface area contributed by atoms with Crippen LogP contribution in [0.4, 0.5) is 5.69 Å². The van der Waals surface area contributed by atoms with Gasteiger partial charge in [-0.15, -0.1) is 0 Å². The van der Waals surface area contributed by atoms with Gasteiger partial charge in [-0.05, 0) is 25.1 Å². The fraction of sp³-hybridized carbons (Fsp3) is 0.250. The number of para-hydroxylation sites is 1. The summed E-state index contributed by atoms with van der Waals surface area (Å²) in [5, 5.41) is 1.00. The normalized spacial score (nSPS) is 15.0. The van der Waals surface area contributed by atoms with E-state index in [1.165, 1.54) is 11.3 Å². The van der Waals surface area contributed by atoms with Gasteiger partial charge in [0.15, 0.2) is 0 Å². The maximum Gasteiger partial charge on any atom is 0.256 e. The Morgan fingerprint density at radius 3 is 2.42 bits per heavy atom. The van der Waals surface area contributed by atoms with E-state index in [-0.39, 0.29) is 5.91 Å². The molecule has 1 saturated heterocycles. The number of H-pyrrole nitrogens is 1. The highest BCUT2D eigenvalue weighted by molar-refractivity contribution is 6.06.